The Morgan fingerprint density at radius 2 is 2.00 bits per heavy atom. The number of phenolic OH excluding ortho intramolecular Hbond substituents is 1. The van der Waals surface area contributed by atoms with Crippen LogP contribution in [0.5, 0.6) is 5.75 Å². The van der Waals surface area contributed by atoms with Crippen molar-refractivity contribution in [1.29, 1.82) is 0 Å². The Morgan fingerprint density at radius 3 is 2.72 bits per heavy atom. The smallest absolute Gasteiger partial charge is 0.122 e. The van der Waals surface area contributed by atoms with E-state index in [0.29, 0.717) is 6.54 Å². The number of morpholine rings is 1. The number of ether oxygens (including phenoxy) is 1. The second kappa shape index (κ2) is 6.54. The highest BCUT2D eigenvalue weighted by Gasteiger charge is 2.12. The molecule has 0 radical (unpaired) electrons. The quantitative estimate of drug-likeness (QED) is 0.839. The zero-order valence-corrected chi connectivity index (χ0v) is 10.3. The van der Waals surface area contributed by atoms with Crippen LogP contribution in [-0.4, -0.2) is 54.1 Å². The Bertz CT molecular complexity index is 400. The van der Waals surface area contributed by atoms with E-state index in [-0.39, 0.29) is 5.75 Å². The first-order valence-corrected chi connectivity index (χ1v) is 6.20. The van der Waals surface area contributed by atoms with Crippen LogP contribution in [0.3, 0.4) is 0 Å². The summed E-state index contributed by atoms with van der Waals surface area (Å²) >= 11 is 0. The van der Waals surface area contributed by atoms with E-state index in [4.69, 9.17) is 4.74 Å². The normalized spacial score (nSPS) is 19.2. The number of aliphatic hydroxyl groups excluding tert-OH is 1. The molecule has 2 rings (SSSR count). The number of nitrogens with zero attached hydrogens (tertiary/aromatic N) is 1. The van der Waals surface area contributed by atoms with Crippen LogP contribution in [0.15, 0.2) is 30.3 Å². The van der Waals surface area contributed by atoms with Gasteiger partial charge in [-0.3, -0.25) is 4.90 Å². The predicted molar refractivity (Wildman–Crippen MR) is 70.4 cm³/mol. The fourth-order valence-corrected chi connectivity index (χ4v) is 1.95. The van der Waals surface area contributed by atoms with Crippen molar-refractivity contribution in [3.8, 4) is 5.75 Å². The first-order chi connectivity index (χ1) is 8.75. The van der Waals surface area contributed by atoms with Gasteiger partial charge >= 0.3 is 0 Å². The van der Waals surface area contributed by atoms with Crippen molar-refractivity contribution in [3.63, 3.8) is 0 Å². The molecule has 0 spiro atoms. The molecule has 1 aliphatic heterocycles. The third-order valence-corrected chi connectivity index (χ3v) is 2.98. The van der Waals surface area contributed by atoms with Gasteiger partial charge in [-0.15, -0.1) is 0 Å². The van der Waals surface area contributed by atoms with E-state index in [1.807, 2.05) is 12.1 Å². The molecule has 1 atom stereocenters. The maximum atomic E-state index is 9.90. The van der Waals surface area contributed by atoms with Crippen LogP contribution in [0.25, 0.3) is 6.08 Å². The first kappa shape index (κ1) is 13.1. The Hall–Kier alpha value is -1.36. The summed E-state index contributed by atoms with van der Waals surface area (Å²) in [5.41, 5.74) is 0.721. The molecule has 0 saturated carbocycles. The lowest BCUT2D eigenvalue weighted by molar-refractivity contribution is 0.0223. The van der Waals surface area contributed by atoms with Crippen LogP contribution in [-0.2, 0) is 4.74 Å². The Balaban J connectivity index is 1.86. The number of benzene rings is 1. The van der Waals surface area contributed by atoms with Gasteiger partial charge in [0, 0.05) is 25.2 Å². The van der Waals surface area contributed by atoms with Gasteiger partial charge in [-0.1, -0.05) is 30.4 Å². The summed E-state index contributed by atoms with van der Waals surface area (Å²) in [6.45, 7) is 3.79. The minimum Gasteiger partial charge on any atom is -0.507 e. The summed E-state index contributed by atoms with van der Waals surface area (Å²) < 4.78 is 5.25. The topological polar surface area (TPSA) is 52.9 Å². The summed E-state index contributed by atoms with van der Waals surface area (Å²) in [6.07, 6.45) is 2.94. The molecular weight excluding hydrogens is 230 g/mol. The largest absolute Gasteiger partial charge is 0.507 e. The van der Waals surface area contributed by atoms with E-state index < -0.39 is 6.10 Å². The third-order valence-electron chi connectivity index (χ3n) is 2.98. The molecule has 0 amide bonds. The first-order valence-electron chi connectivity index (χ1n) is 6.20. The Morgan fingerprint density at radius 1 is 1.28 bits per heavy atom. The van der Waals surface area contributed by atoms with Crippen molar-refractivity contribution in [2.75, 3.05) is 32.8 Å². The molecule has 0 aromatic heterocycles. The molecular formula is C14H19NO3. The third kappa shape index (κ3) is 3.84. The van der Waals surface area contributed by atoms with E-state index in [0.717, 1.165) is 31.9 Å². The summed E-state index contributed by atoms with van der Waals surface area (Å²) in [7, 11) is 0. The molecule has 1 aliphatic rings. The van der Waals surface area contributed by atoms with Gasteiger partial charge in [0.15, 0.2) is 0 Å². The SMILES string of the molecule is Oc1ccccc1/C=C/C(O)CN1CCOCC1. The second-order valence-electron chi connectivity index (χ2n) is 4.40. The zero-order valence-electron chi connectivity index (χ0n) is 10.3. The minimum absolute atomic E-state index is 0.229. The molecule has 1 saturated heterocycles. The highest BCUT2D eigenvalue weighted by molar-refractivity contribution is 5.56. The van der Waals surface area contributed by atoms with Crippen molar-refractivity contribution in [3.05, 3.63) is 35.9 Å². The van der Waals surface area contributed by atoms with Crippen molar-refractivity contribution in [2.45, 2.75) is 6.10 Å². The van der Waals surface area contributed by atoms with E-state index in [2.05, 4.69) is 4.90 Å². The molecule has 1 unspecified atom stereocenters. The van der Waals surface area contributed by atoms with Crippen LogP contribution < -0.4 is 0 Å². The van der Waals surface area contributed by atoms with Crippen LogP contribution >= 0.6 is 0 Å². The molecule has 1 fully saturated rings. The molecule has 1 heterocycles. The van der Waals surface area contributed by atoms with Crippen molar-refractivity contribution in [1.82, 2.24) is 4.90 Å². The average Bonchev–Trinajstić information content (AvgIpc) is 2.39. The maximum Gasteiger partial charge on any atom is 0.122 e. The average molecular weight is 249 g/mol. The predicted octanol–water partition coefficient (Wildman–Crippen LogP) is 1.10. The van der Waals surface area contributed by atoms with E-state index in [9.17, 15) is 10.2 Å². The molecule has 0 aliphatic carbocycles. The van der Waals surface area contributed by atoms with Crippen molar-refractivity contribution in [2.24, 2.45) is 0 Å². The molecule has 0 bridgehead atoms. The lowest BCUT2D eigenvalue weighted by Crippen LogP contribution is -2.40. The summed E-state index contributed by atoms with van der Waals surface area (Å²) in [6, 6.07) is 7.08. The molecule has 4 heteroatoms. The number of β-amino-alcohol motifs (C(OH)–C–C–N with tert-alkyl or cyclic N) is 1. The molecule has 2 N–H and O–H groups in total. The molecule has 98 valence electrons. The summed E-state index contributed by atoms with van der Waals surface area (Å²) in [4.78, 5) is 2.17. The van der Waals surface area contributed by atoms with Crippen molar-refractivity contribution < 1.29 is 14.9 Å². The number of hydrogen-bond donors (Lipinski definition) is 2. The van der Waals surface area contributed by atoms with Crippen molar-refractivity contribution >= 4 is 6.08 Å². The van der Waals surface area contributed by atoms with Gasteiger partial charge in [-0.25, -0.2) is 0 Å². The number of phenols is 1. The van der Waals surface area contributed by atoms with E-state index in [1.54, 1.807) is 24.3 Å². The Kier molecular flexibility index (Phi) is 4.75. The van der Waals surface area contributed by atoms with Gasteiger partial charge in [0.25, 0.3) is 0 Å². The highest BCUT2D eigenvalue weighted by atomic mass is 16.5. The van der Waals surface area contributed by atoms with Gasteiger partial charge in [0.05, 0.1) is 19.3 Å². The molecule has 1 aromatic rings. The monoisotopic (exact) mass is 249 g/mol. The Labute approximate surface area is 107 Å². The fraction of sp³-hybridized carbons (Fsp3) is 0.429. The van der Waals surface area contributed by atoms with Gasteiger partial charge in [-0.05, 0) is 6.07 Å². The van der Waals surface area contributed by atoms with Crippen LogP contribution in [0.2, 0.25) is 0 Å². The maximum absolute atomic E-state index is 9.90. The lowest BCUT2D eigenvalue weighted by atomic mass is 10.1. The fourth-order valence-electron chi connectivity index (χ4n) is 1.95. The van der Waals surface area contributed by atoms with E-state index in [1.165, 1.54) is 0 Å². The van der Waals surface area contributed by atoms with Gasteiger partial charge in [-0.2, -0.15) is 0 Å². The zero-order chi connectivity index (χ0) is 12.8. The van der Waals surface area contributed by atoms with Crippen LogP contribution in [0, 0.1) is 0 Å². The molecule has 18 heavy (non-hydrogen) atoms. The standard InChI is InChI=1S/C14H19NO3/c16-13(11-15-7-9-18-10-8-15)6-5-12-3-1-2-4-14(12)17/h1-6,13,16-17H,7-11H2/b6-5+. The summed E-state index contributed by atoms with van der Waals surface area (Å²) in [5, 5.41) is 19.5. The minimum atomic E-state index is -0.525. The molecule has 1 aromatic carbocycles. The van der Waals surface area contributed by atoms with Gasteiger partial charge < -0.3 is 14.9 Å². The number of aromatic hydroxyl groups is 1. The van der Waals surface area contributed by atoms with E-state index >= 15 is 0 Å². The van der Waals surface area contributed by atoms with Gasteiger partial charge in [0.2, 0.25) is 0 Å². The highest BCUT2D eigenvalue weighted by Crippen LogP contribution is 2.17. The number of hydrogen-bond acceptors (Lipinski definition) is 4. The van der Waals surface area contributed by atoms with Crippen LogP contribution in [0.4, 0.5) is 0 Å². The number of para-hydroxylation sites is 1. The number of rotatable bonds is 4. The molecule has 4 nitrogen and oxygen atoms in total. The summed E-state index contributed by atoms with van der Waals surface area (Å²) in [5.74, 6) is 0.229. The lowest BCUT2D eigenvalue weighted by Gasteiger charge is -2.27. The number of aliphatic hydroxyl groups is 1. The second-order valence-corrected chi connectivity index (χ2v) is 4.40. The van der Waals surface area contributed by atoms with Gasteiger partial charge in [0.1, 0.15) is 5.75 Å². The van der Waals surface area contributed by atoms with Crippen LogP contribution in [0.1, 0.15) is 5.56 Å².